The molecule has 78 valence electrons. The van der Waals surface area contributed by atoms with E-state index in [1.165, 1.54) is 6.07 Å². The Hall–Kier alpha value is -0.650. The number of halogens is 2. The van der Waals surface area contributed by atoms with Gasteiger partial charge in [0.05, 0.1) is 18.4 Å². The third kappa shape index (κ3) is 2.94. The smallest absolute Gasteiger partial charge is 0.147 e. The molecule has 0 aliphatic carbocycles. The lowest BCUT2D eigenvalue weighted by Crippen LogP contribution is -2.23. The van der Waals surface area contributed by atoms with Crippen molar-refractivity contribution in [1.82, 2.24) is 0 Å². The fourth-order valence-electron chi connectivity index (χ4n) is 0.951. The van der Waals surface area contributed by atoms with Gasteiger partial charge in [-0.2, -0.15) is 0 Å². The highest BCUT2D eigenvalue weighted by Gasteiger charge is 2.07. The van der Waals surface area contributed by atoms with Crippen LogP contribution < -0.4 is 5.32 Å². The molecule has 0 saturated heterocycles. The number of aliphatic hydroxyl groups is 2. The minimum absolute atomic E-state index is 0.107. The molecule has 0 fully saturated rings. The average molecular weight is 264 g/mol. The Labute approximate surface area is 89.7 Å². The van der Waals surface area contributed by atoms with Crippen LogP contribution in [0.4, 0.5) is 10.1 Å². The lowest BCUT2D eigenvalue weighted by Gasteiger charge is -2.12. The third-order valence-electron chi connectivity index (χ3n) is 1.69. The summed E-state index contributed by atoms with van der Waals surface area (Å²) in [5.74, 6) is -0.399. The number of aliphatic hydroxyl groups excluding tert-OH is 2. The summed E-state index contributed by atoms with van der Waals surface area (Å²) in [6.07, 6.45) is -0.887. The first-order chi connectivity index (χ1) is 6.65. The standard InChI is InChI=1S/C9H11BrFNO2/c10-7-2-1-3-8(11)9(7)12-4-6(14)5-13/h1-3,6,12-14H,4-5H2/t6-/m0/s1. The first kappa shape index (κ1) is 11.4. The maximum Gasteiger partial charge on any atom is 0.147 e. The van der Waals surface area contributed by atoms with Crippen LogP contribution in [0.25, 0.3) is 0 Å². The summed E-state index contributed by atoms with van der Waals surface area (Å²) in [7, 11) is 0. The molecular weight excluding hydrogens is 253 g/mol. The maximum atomic E-state index is 13.2. The van der Waals surface area contributed by atoms with Gasteiger partial charge in [-0.05, 0) is 28.1 Å². The molecule has 1 aromatic rings. The van der Waals surface area contributed by atoms with Gasteiger partial charge in [0, 0.05) is 11.0 Å². The van der Waals surface area contributed by atoms with Crippen LogP contribution >= 0.6 is 15.9 Å². The van der Waals surface area contributed by atoms with E-state index in [-0.39, 0.29) is 13.2 Å². The Kier molecular flexibility index (Phi) is 4.31. The van der Waals surface area contributed by atoms with Crippen molar-refractivity contribution < 1.29 is 14.6 Å². The van der Waals surface area contributed by atoms with Crippen molar-refractivity contribution in [1.29, 1.82) is 0 Å². The van der Waals surface area contributed by atoms with Gasteiger partial charge in [0.2, 0.25) is 0 Å². The van der Waals surface area contributed by atoms with Crippen molar-refractivity contribution in [2.75, 3.05) is 18.5 Å². The van der Waals surface area contributed by atoms with E-state index in [0.717, 1.165) is 0 Å². The topological polar surface area (TPSA) is 52.5 Å². The SMILES string of the molecule is OC[C@@H](O)CNc1c(F)cccc1Br. The highest BCUT2D eigenvalue weighted by Crippen LogP contribution is 2.24. The molecule has 0 saturated carbocycles. The fraction of sp³-hybridized carbons (Fsp3) is 0.333. The zero-order valence-electron chi connectivity index (χ0n) is 7.37. The van der Waals surface area contributed by atoms with Crippen LogP contribution in [0.15, 0.2) is 22.7 Å². The molecule has 3 nitrogen and oxygen atoms in total. The Morgan fingerprint density at radius 1 is 1.50 bits per heavy atom. The minimum Gasteiger partial charge on any atom is -0.394 e. The second-order valence-electron chi connectivity index (χ2n) is 2.81. The third-order valence-corrected chi connectivity index (χ3v) is 2.35. The van der Waals surface area contributed by atoms with E-state index in [9.17, 15) is 4.39 Å². The molecule has 0 amide bonds. The molecule has 5 heteroatoms. The van der Waals surface area contributed by atoms with E-state index in [0.29, 0.717) is 10.2 Å². The Balaban J connectivity index is 2.66. The zero-order chi connectivity index (χ0) is 10.6. The van der Waals surface area contributed by atoms with Crippen molar-refractivity contribution in [3.8, 4) is 0 Å². The van der Waals surface area contributed by atoms with Crippen LogP contribution in [0.1, 0.15) is 0 Å². The highest BCUT2D eigenvalue weighted by atomic mass is 79.9. The molecule has 1 atom stereocenters. The van der Waals surface area contributed by atoms with Crippen LogP contribution in [0.3, 0.4) is 0 Å². The number of rotatable bonds is 4. The molecule has 1 rings (SSSR count). The molecule has 1 aromatic carbocycles. The van der Waals surface area contributed by atoms with Crippen LogP contribution in [-0.4, -0.2) is 29.5 Å². The molecule has 14 heavy (non-hydrogen) atoms. The molecule has 0 aliphatic heterocycles. The number of para-hydroxylation sites is 1. The lowest BCUT2D eigenvalue weighted by molar-refractivity contribution is 0.105. The minimum atomic E-state index is -0.887. The van der Waals surface area contributed by atoms with Gasteiger partial charge < -0.3 is 15.5 Å². The molecule has 0 aliphatic rings. The largest absolute Gasteiger partial charge is 0.394 e. The van der Waals surface area contributed by atoms with Gasteiger partial charge in [-0.15, -0.1) is 0 Å². The first-order valence-electron chi connectivity index (χ1n) is 4.12. The van der Waals surface area contributed by atoms with Gasteiger partial charge in [0.1, 0.15) is 5.82 Å². The molecule has 0 aromatic heterocycles. The normalized spacial score (nSPS) is 12.6. The maximum absolute atomic E-state index is 13.2. The summed E-state index contributed by atoms with van der Waals surface area (Å²) in [6, 6.07) is 4.59. The summed E-state index contributed by atoms with van der Waals surface area (Å²) < 4.78 is 13.8. The number of hydrogen-bond donors (Lipinski definition) is 3. The van der Waals surface area contributed by atoms with E-state index >= 15 is 0 Å². The van der Waals surface area contributed by atoms with Gasteiger partial charge >= 0.3 is 0 Å². The van der Waals surface area contributed by atoms with Gasteiger partial charge in [-0.1, -0.05) is 6.07 Å². The number of hydrogen-bond acceptors (Lipinski definition) is 3. The van der Waals surface area contributed by atoms with Crippen molar-refractivity contribution >= 4 is 21.6 Å². The second kappa shape index (κ2) is 5.29. The summed E-state index contributed by atoms with van der Waals surface area (Å²) in [5, 5.41) is 20.3. The molecule has 0 heterocycles. The number of benzene rings is 1. The molecule has 0 bridgehead atoms. The van der Waals surface area contributed by atoms with E-state index in [4.69, 9.17) is 10.2 Å². The van der Waals surface area contributed by atoms with E-state index in [1.54, 1.807) is 12.1 Å². The highest BCUT2D eigenvalue weighted by molar-refractivity contribution is 9.10. The quantitative estimate of drug-likeness (QED) is 0.769. The van der Waals surface area contributed by atoms with E-state index in [2.05, 4.69) is 21.2 Å². The van der Waals surface area contributed by atoms with Crippen LogP contribution in [0.2, 0.25) is 0 Å². The van der Waals surface area contributed by atoms with Crippen LogP contribution in [-0.2, 0) is 0 Å². The van der Waals surface area contributed by atoms with E-state index in [1.807, 2.05) is 0 Å². The van der Waals surface area contributed by atoms with Gasteiger partial charge in [-0.25, -0.2) is 4.39 Å². The molecular formula is C9H11BrFNO2. The van der Waals surface area contributed by atoms with Gasteiger partial charge in [-0.3, -0.25) is 0 Å². The van der Waals surface area contributed by atoms with Crippen LogP contribution in [0.5, 0.6) is 0 Å². The lowest BCUT2D eigenvalue weighted by atomic mass is 10.3. The predicted molar refractivity (Wildman–Crippen MR) is 55.7 cm³/mol. The van der Waals surface area contributed by atoms with Gasteiger partial charge in [0.15, 0.2) is 0 Å². The predicted octanol–water partition coefficient (Wildman–Crippen LogP) is 1.35. The second-order valence-corrected chi connectivity index (χ2v) is 3.67. The van der Waals surface area contributed by atoms with Crippen molar-refractivity contribution in [3.63, 3.8) is 0 Å². The first-order valence-corrected chi connectivity index (χ1v) is 4.91. The van der Waals surface area contributed by atoms with Crippen molar-refractivity contribution in [3.05, 3.63) is 28.5 Å². The van der Waals surface area contributed by atoms with Crippen molar-refractivity contribution in [2.24, 2.45) is 0 Å². The Bertz CT molecular complexity index is 289. The molecule has 0 unspecified atom stereocenters. The van der Waals surface area contributed by atoms with Crippen LogP contribution in [0, 0.1) is 5.82 Å². The number of nitrogens with one attached hydrogen (secondary N) is 1. The molecule has 0 radical (unpaired) electrons. The van der Waals surface area contributed by atoms with Crippen molar-refractivity contribution in [2.45, 2.75) is 6.10 Å². The summed E-state index contributed by atoms with van der Waals surface area (Å²) in [4.78, 5) is 0. The summed E-state index contributed by atoms with van der Waals surface area (Å²) in [5.41, 5.74) is 0.292. The molecule has 0 spiro atoms. The summed E-state index contributed by atoms with van der Waals surface area (Å²) in [6.45, 7) is -0.241. The van der Waals surface area contributed by atoms with E-state index < -0.39 is 11.9 Å². The summed E-state index contributed by atoms with van der Waals surface area (Å²) >= 11 is 3.17. The molecule has 3 N–H and O–H groups in total. The Morgan fingerprint density at radius 2 is 2.21 bits per heavy atom. The Morgan fingerprint density at radius 3 is 2.79 bits per heavy atom. The van der Waals surface area contributed by atoms with Gasteiger partial charge in [0.25, 0.3) is 0 Å². The fourth-order valence-corrected chi connectivity index (χ4v) is 1.43. The number of anilines is 1. The zero-order valence-corrected chi connectivity index (χ0v) is 8.96. The average Bonchev–Trinajstić information content (AvgIpc) is 2.16. The monoisotopic (exact) mass is 263 g/mol.